The second-order valence-electron chi connectivity index (χ2n) is 8.92. The first kappa shape index (κ1) is 20.4. The number of hydrazine groups is 1. The normalized spacial score (nSPS) is 30.8. The Morgan fingerprint density at radius 1 is 1.03 bits per heavy atom. The lowest BCUT2D eigenvalue weighted by Gasteiger charge is -2.45. The van der Waals surface area contributed by atoms with Crippen molar-refractivity contribution in [2.45, 2.75) is 50.3 Å². The van der Waals surface area contributed by atoms with Gasteiger partial charge in [0.25, 0.3) is 0 Å². The second kappa shape index (κ2) is 8.58. The highest BCUT2D eigenvalue weighted by atomic mass is 16.6. The topological polar surface area (TPSA) is 102 Å². The van der Waals surface area contributed by atoms with Crippen LogP contribution in [-0.4, -0.2) is 99.5 Å². The summed E-state index contributed by atoms with van der Waals surface area (Å²) >= 11 is 0. The zero-order chi connectivity index (χ0) is 21.4. The van der Waals surface area contributed by atoms with Gasteiger partial charge in [-0.25, -0.2) is 24.8 Å². The van der Waals surface area contributed by atoms with Gasteiger partial charge in [0.05, 0.1) is 12.0 Å². The minimum Gasteiger partial charge on any atom is -0.481 e. The van der Waals surface area contributed by atoms with Gasteiger partial charge in [-0.15, -0.1) is 0 Å². The molecular formula is C21H30N6O4. The summed E-state index contributed by atoms with van der Waals surface area (Å²) in [5, 5.41) is 13.3. The van der Waals surface area contributed by atoms with Crippen molar-refractivity contribution < 1.29 is 19.4 Å². The SMILES string of the molecule is O=C(O)C1CCN(C2CCCC3C2OC(=O)N3N2CCN(c3ccncn3)CC2)CC1. The molecule has 1 amide bonds. The van der Waals surface area contributed by atoms with Gasteiger partial charge >= 0.3 is 12.1 Å². The molecule has 10 nitrogen and oxygen atoms in total. The summed E-state index contributed by atoms with van der Waals surface area (Å²) in [6.07, 6.45) is 7.28. The number of piperazine rings is 1. The monoisotopic (exact) mass is 430 g/mol. The third-order valence-corrected chi connectivity index (χ3v) is 7.30. The van der Waals surface area contributed by atoms with Crippen LogP contribution >= 0.6 is 0 Å². The van der Waals surface area contributed by atoms with Gasteiger partial charge in [0.2, 0.25) is 0 Å². The Balaban J connectivity index is 1.22. The molecule has 4 fully saturated rings. The summed E-state index contributed by atoms with van der Waals surface area (Å²) in [7, 11) is 0. The van der Waals surface area contributed by atoms with Crippen molar-refractivity contribution in [2.24, 2.45) is 5.92 Å². The van der Waals surface area contributed by atoms with Crippen molar-refractivity contribution in [3.05, 3.63) is 18.6 Å². The number of fused-ring (bicyclic) bond motifs is 1. The predicted molar refractivity (Wildman–Crippen MR) is 111 cm³/mol. The maximum absolute atomic E-state index is 12.9. The van der Waals surface area contributed by atoms with Crippen LogP contribution in [0.1, 0.15) is 32.1 Å². The molecule has 1 N–H and O–H groups in total. The van der Waals surface area contributed by atoms with E-state index in [1.165, 1.54) is 0 Å². The zero-order valence-electron chi connectivity index (χ0n) is 17.7. The third kappa shape index (κ3) is 3.94. The molecule has 1 aliphatic carbocycles. The number of hydrogen-bond donors (Lipinski definition) is 1. The number of likely N-dealkylation sites (tertiary alicyclic amines) is 1. The Morgan fingerprint density at radius 2 is 1.77 bits per heavy atom. The Hall–Kier alpha value is -2.46. The van der Waals surface area contributed by atoms with Gasteiger partial charge in [0, 0.05) is 38.4 Å². The molecule has 1 aromatic heterocycles. The van der Waals surface area contributed by atoms with Crippen molar-refractivity contribution in [2.75, 3.05) is 44.2 Å². The highest BCUT2D eigenvalue weighted by Gasteiger charge is 2.51. The largest absolute Gasteiger partial charge is 0.481 e. The maximum Gasteiger partial charge on any atom is 0.425 e. The maximum atomic E-state index is 12.9. The number of hydrogen-bond acceptors (Lipinski definition) is 8. The van der Waals surface area contributed by atoms with Crippen LogP contribution in [0.15, 0.2) is 18.6 Å². The Kier molecular flexibility index (Phi) is 5.66. The van der Waals surface area contributed by atoms with Crippen LogP contribution in [0.25, 0.3) is 0 Å². The average molecular weight is 431 g/mol. The molecule has 31 heavy (non-hydrogen) atoms. The lowest BCUT2D eigenvalue weighted by atomic mass is 9.85. The minimum absolute atomic E-state index is 0.0639. The van der Waals surface area contributed by atoms with E-state index >= 15 is 0 Å². The van der Waals surface area contributed by atoms with E-state index < -0.39 is 5.97 Å². The quantitative estimate of drug-likeness (QED) is 0.751. The highest BCUT2D eigenvalue weighted by Crippen LogP contribution is 2.37. The number of aliphatic carboxylic acids is 1. The number of rotatable bonds is 4. The van der Waals surface area contributed by atoms with Crippen LogP contribution in [0.2, 0.25) is 0 Å². The van der Waals surface area contributed by atoms with E-state index in [-0.39, 0.29) is 30.2 Å². The summed E-state index contributed by atoms with van der Waals surface area (Å²) in [5.74, 6) is -0.0239. The molecule has 4 aliphatic rings. The molecule has 3 atom stereocenters. The number of anilines is 1. The Bertz CT molecular complexity index is 794. The van der Waals surface area contributed by atoms with Crippen LogP contribution < -0.4 is 4.90 Å². The van der Waals surface area contributed by atoms with E-state index in [1.54, 1.807) is 12.5 Å². The predicted octanol–water partition coefficient (Wildman–Crippen LogP) is 1.05. The van der Waals surface area contributed by atoms with Gasteiger partial charge in [0.1, 0.15) is 18.2 Å². The molecular weight excluding hydrogens is 400 g/mol. The van der Waals surface area contributed by atoms with Gasteiger partial charge in [-0.2, -0.15) is 0 Å². The fourth-order valence-corrected chi connectivity index (χ4v) is 5.65. The standard InChI is InChI=1S/C21H30N6O4/c28-20(29)15-5-8-24(9-6-15)16-2-1-3-17-19(16)31-21(30)27(17)26-12-10-25(11-13-26)18-4-7-22-14-23-18/h4,7,14-17,19H,1-3,5-6,8-13H2,(H,28,29). The number of carboxylic acids is 1. The van der Waals surface area contributed by atoms with E-state index in [1.807, 2.05) is 11.1 Å². The number of nitrogens with zero attached hydrogens (tertiary/aromatic N) is 6. The number of carbonyl (C=O) groups is 2. The molecule has 3 aliphatic heterocycles. The minimum atomic E-state index is -0.694. The van der Waals surface area contributed by atoms with Gasteiger partial charge in [-0.3, -0.25) is 9.69 Å². The number of ether oxygens (including phenoxy) is 1. The first-order valence-electron chi connectivity index (χ1n) is 11.3. The van der Waals surface area contributed by atoms with Crippen LogP contribution in [0.5, 0.6) is 0 Å². The van der Waals surface area contributed by atoms with Gasteiger partial charge in [-0.1, -0.05) is 0 Å². The molecule has 5 rings (SSSR count). The molecule has 4 heterocycles. The summed E-state index contributed by atoms with van der Waals surface area (Å²) in [4.78, 5) is 37.1. The third-order valence-electron chi connectivity index (χ3n) is 7.30. The Labute approximate surface area is 181 Å². The van der Waals surface area contributed by atoms with Crippen LogP contribution in [0.3, 0.4) is 0 Å². The molecule has 1 saturated carbocycles. The fourth-order valence-electron chi connectivity index (χ4n) is 5.65. The second-order valence-corrected chi connectivity index (χ2v) is 8.92. The zero-order valence-corrected chi connectivity index (χ0v) is 17.7. The average Bonchev–Trinajstić information content (AvgIpc) is 3.15. The summed E-state index contributed by atoms with van der Waals surface area (Å²) in [5.41, 5.74) is 0. The van der Waals surface area contributed by atoms with E-state index in [2.05, 4.69) is 24.8 Å². The fraction of sp³-hybridized carbons (Fsp3) is 0.714. The lowest BCUT2D eigenvalue weighted by molar-refractivity contribution is -0.143. The van der Waals surface area contributed by atoms with E-state index in [4.69, 9.17) is 4.74 Å². The van der Waals surface area contributed by atoms with Gasteiger partial charge < -0.3 is 14.7 Å². The van der Waals surface area contributed by atoms with Crippen LogP contribution in [0, 0.1) is 5.92 Å². The van der Waals surface area contributed by atoms with Gasteiger partial charge in [-0.05, 0) is 51.3 Å². The molecule has 10 heteroatoms. The molecule has 1 aromatic rings. The van der Waals surface area contributed by atoms with Crippen LogP contribution in [0.4, 0.5) is 10.6 Å². The number of amides is 1. The number of aromatic nitrogens is 2. The number of piperidine rings is 1. The van der Waals surface area contributed by atoms with Crippen molar-refractivity contribution in [1.82, 2.24) is 24.9 Å². The first-order valence-corrected chi connectivity index (χ1v) is 11.3. The summed E-state index contributed by atoms with van der Waals surface area (Å²) < 4.78 is 5.94. The lowest BCUT2D eigenvalue weighted by Crippen LogP contribution is -2.60. The Morgan fingerprint density at radius 3 is 2.45 bits per heavy atom. The molecule has 0 bridgehead atoms. The number of carbonyl (C=O) groups excluding carboxylic acids is 1. The van der Waals surface area contributed by atoms with Crippen molar-refractivity contribution >= 4 is 17.9 Å². The van der Waals surface area contributed by atoms with Crippen LogP contribution in [-0.2, 0) is 9.53 Å². The molecule has 3 unspecified atom stereocenters. The van der Waals surface area contributed by atoms with Crippen molar-refractivity contribution in [3.63, 3.8) is 0 Å². The molecule has 0 spiro atoms. The first-order chi connectivity index (χ1) is 15.1. The molecule has 0 radical (unpaired) electrons. The summed E-state index contributed by atoms with van der Waals surface area (Å²) in [6, 6.07) is 2.16. The smallest absolute Gasteiger partial charge is 0.425 e. The molecule has 0 aromatic carbocycles. The van der Waals surface area contributed by atoms with E-state index in [0.29, 0.717) is 12.8 Å². The van der Waals surface area contributed by atoms with E-state index in [9.17, 15) is 14.7 Å². The van der Waals surface area contributed by atoms with Crippen molar-refractivity contribution in [1.29, 1.82) is 0 Å². The van der Waals surface area contributed by atoms with E-state index in [0.717, 1.165) is 64.3 Å². The highest BCUT2D eigenvalue weighted by molar-refractivity contribution is 5.71. The summed E-state index contributed by atoms with van der Waals surface area (Å²) in [6.45, 7) is 4.61. The molecule has 3 saturated heterocycles. The number of carboxylic acid groups (broad SMARTS) is 1. The molecule has 168 valence electrons. The van der Waals surface area contributed by atoms with Crippen molar-refractivity contribution in [3.8, 4) is 0 Å². The van der Waals surface area contributed by atoms with Gasteiger partial charge in [0.15, 0.2) is 0 Å².